The van der Waals surface area contributed by atoms with Gasteiger partial charge in [0.2, 0.25) is 5.91 Å². The number of benzene rings is 2. The minimum atomic E-state index is -0.981. The molecule has 1 fully saturated rings. The predicted molar refractivity (Wildman–Crippen MR) is 138 cm³/mol. The van der Waals surface area contributed by atoms with Gasteiger partial charge in [0.1, 0.15) is 12.1 Å². The van der Waals surface area contributed by atoms with Crippen LogP contribution in [0.4, 0.5) is 11.4 Å². The molecule has 186 valence electrons. The molecule has 1 saturated heterocycles. The fraction of sp³-hybridized carbons (Fsp3) is 0.261. The first-order valence-corrected chi connectivity index (χ1v) is 11.4. The highest BCUT2D eigenvalue weighted by Gasteiger charge is 2.34. The Kier molecular flexibility index (Phi) is 10.00. The van der Waals surface area contributed by atoms with Crippen molar-refractivity contribution in [3.63, 3.8) is 0 Å². The lowest BCUT2D eigenvalue weighted by Crippen LogP contribution is -2.39. The van der Waals surface area contributed by atoms with E-state index in [9.17, 15) is 19.2 Å². The molecule has 2 atom stereocenters. The van der Waals surface area contributed by atoms with Gasteiger partial charge in [-0.25, -0.2) is 4.79 Å². The molecule has 0 saturated carbocycles. The molecule has 1 aliphatic heterocycles. The Labute approximate surface area is 217 Å². The van der Waals surface area contributed by atoms with E-state index in [1.165, 1.54) is 18.7 Å². The van der Waals surface area contributed by atoms with Crippen LogP contribution in [0.3, 0.4) is 0 Å². The van der Waals surface area contributed by atoms with E-state index in [0.29, 0.717) is 29.2 Å². The van der Waals surface area contributed by atoms with Gasteiger partial charge in [-0.15, -0.1) is 0 Å². The molecule has 0 aromatic heterocycles. The van der Waals surface area contributed by atoms with Crippen LogP contribution in [0.5, 0.6) is 0 Å². The lowest BCUT2D eigenvalue weighted by molar-refractivity contribution is -0.147. The summed E-state index contributed by atoms with van der Waals surface area (Å²) in [4.78, 5) is 46.5. The summed E-state index contributed by atoms with van der Waals surface area (Å²) in [5.41, 5.74) is 1.38. The third-order valence-electron chi connectivity index (χ3n) is 4.92. The number of nitrogens with one attached hydrogen (secondary N) is 2. The number of amides is 2. The Morgan fingerprint density at radius 2 is 1.57 bits per heavy atom. The zero-order valence-electron chi connectivity index (χ0n) is 18.7. The number of thiocarbonyl (C=S) groups is 1. The van der Waals surface area contributed by atoms with Crippen molar-refractivity contribution in [2.75, 3.05) is 17.2 Å². The molecule has 1 aliphatic rings. The Balaban J connectivity index is 0.000000303. The van der Waals surface area contributed by atoms with Gasteiger partial charge in [0.05, 0.1) is 22.2 Å². The summed E-state index contributed by atoms with van der Waals surface area (Å²) in [7, 11) is 0. The van der Waals surface area contributed by atoms with Crippen LogP contribution < -0.4 is 10.6 Å². The highest BCUT2D eigenvalue weighted by atomic mass is 35.5. The van der Waals surface area contributed by atoms with Crippen LogP contribution in [-0.4, -0.2) is 62.4 Å². The number of anilines is 2. The number of carboxylic acids is 2. The molecular formula is C23H23Cl2N3O6S. The molecule has 2 aromatic rings. The predicted octanol–water partition coefficient (Wildman–Crippen LogP) is 4.19. The summed E-state index contributed by atoms with van der Waals surface area (Å²) in [6, 6.07) is 10.0. The molecule has 12 heteroatoms. The van der Waals surface area contributed by atoms with Crippen molar-refractivity contribution in [2.24, 2.45) is 0 Å². The van der Waals surface area contributed by atoms with Crippen molar-refractivity contribution in [2.45, 2.75) is 32.4 Å². The van der Waals surface area contributed by atoms with Crippen LogP contribution in [-0.2, 0) is 14.4 Å². The molecule has 0 unspecified atom stereocenters. The van der Waals surface area contributed by atoms with Gasteiger partial charge in [-0.1, -0.05) is 41.5 Å². The van der Waals surface area contributed by atoms with Crippen molar-refractivity contribution in [3.8, 4) is 0 Å². The standard InChI is InChI=1S/C16H14Cl2N2O3.C7H9NO3S/c1-9(16(22)23)19-10-5-7-11(8-6-10)20-15(21)14-12(17)3-2-4-13(14)18;1-4(9)8-3-5(12)2-6(8)7(10)11/h2-9,19H,1H3,(H,20,21)(H,22,23);6H,2-3H2,1H3,(H,10,11)/t9-;6-/m00/s1. The number of hydrogen-bond donors (Lipinski definition) is 4. The molecule has 3 rings (SSSR count). The van der Waals surface area contributed by atoms with Crippen LogP contribution in [0.25, 0.3) is 0 Å². The Morgan fingerprint density at radius 1 is 1.03 bits per heavy atom. The Hall–Kier alpha value is -3.21. The number of carbonyl (C=O) groups excluding carboxylic acids is 2. The molecule has 2 amide bonds. The Morgan fingerprint density at radius 3 is 2.03 bits per heavy atom. The molecule has 0 aliphatic carbocycles. The van der Waals surface area contributed by atoms with Gasteiger partial charge >= 0.3 is 11.9 Å². The number of carbonyl (C=O) groups is 4. The van der Waals surface area contributed by atoms with Gasteiger partial charge in [0, 0.05) is 29.6 Å². The van der Waals surface area contributed by atoms with E-state index < -0.39 is 29.9 Å². The molecular weight excluding hydrogens is 517 g/mol. The zero-order valence-corrected chi connectivity index (χ0v) is 21.1. The third kappa shape index (κ3) is 7.91. The van der Waals surface area contributed by atoms with Gasteiger partial charge in [0.15, 0.2) is 0 Å². The quantitative estimate of drug-likeness (QED) is 0.401. The first-order chi connectivity index (χ1) is 16.4. The highest BCUT2D eigenvalue weighted by molar-refractivity contribution is 7.80. The largest absolute Gasteiger partial charge is 0.480 e. The highest BCUT2D eigenvalue weighted by Crippen LogP contribution is 2.25. The van der Waals surface area contributed by atoms with Crippen LogP contribution in [0, 0.1) is 0 Å². The first kappa shape index (κ1) is 28.0. The number of halogens is 2. The number of nitrogens with zero attached hydrogens (tertiary/aromatic N) is 1. The van der Waals surface area contributed by atoms with Crippen molar-refractivity contribution in [1.82, 2.24) is 4.90 Å². The SMILES string of the molecule is CC(=O)N1CC(=S)C[C@H]1C(=O)O.C[C@H](Nc1ccc(NC(=O)c2c(Cl)cccc2Cl)cc1)C(=O)O. The molecule has 1 heterocycles. The molecule has 0 spiro atoms. The van der Waals surface area contributed by atoms with Gasteiger partial charge in [-0.3, -0.25) is 14.4 Å². The van der Waals surface area contributed by atoms with Crippen LogP contribution in [0.1, 0.15) is 30.6 Å². The van der Waals surface area contributed by atoms with Crippen molar-refractivity contribution in [1.29, 1.82) is 0 Å². The minimum Gasteiger partial charge on any atom is -0.480 e. The molecule has 2 aromatic carbocycles. The van der Waals surface area contributed by atoms with Crippen LogP contribution in [0.15, 0.2) is 42.5 Å². The summed E-state index contributed by atoms with van der Waals surface area (Å²) in [5.74, 6) is -2.58. The average Bonchev–Trinajstić information content (AvgIpc) is 3.18. The summed E-state index contributed by atoms with van der Waals surface area (Å²) in [5, 5.41) is 23.6. The lowest BCUT2D eigenvalue weighted by Gasteiger charge is -2.18. The molecule has 9 nitrogen and oxygen atoms in total. The monoisotopic (exact) mass is 539 g/mol. The second-order valence-electron chi connectivity index (χ2n) is 7.58. The number of likely N-dealkylation sites (tertiary alicyclic amines) is 1. The van der Waals surface area contributed by atoms with E-state index in [1.807, 2.05) is 0 Å². The second kappa shape index (κ2) is 12.5. The molecule has 4 N–H and O–H groups in total. The maximum atomic E-state index is 12.2. The first-order valence-electron chi connectivity index (χ1n) is 10.3. The van der Waals surface area contributed by atoms with E-state index in [-0.39, 0.29) is 21.5 Å². The fourth-order valence-electron chi connectivity index (χ4n) is 3.11. The molecule has 35 heavy (non-hydrogen) atoms. The minimum absolute atomic E-state index is 0.206. The number of aliphatic carboxylic acids is 2. The number of carboxylic acid groups (broad SMARTS) is 2. The van der Waals surface area contributed by atoms with E-state index in [1.54, 1.807) is 42.5 Å². The average molecular weight is 540 g/mol. The number of rotatable bonds is 6. The maximum absolute atomic E-state index is 12.2. The lowest BCUT2D eigenvalue weighted by atomic mass is 10.2. The summed E-state index contributed by atoms with van der Waals surface area (Å²) >= 11 is 16.8. The van der Waals surface area contributed by atoms with Crippen molar-refractivity contribution in [3.05, 3.63) is 58.1 Å². The summed E-state index contributed by atoms with van der Waals surface area (Å²) in [6.45, 7) is 3.20. The van der Waals surface area contributed by atoms with E-state index >= 15 is 0 Å². The van der Waals surface area contributed by atoms with Crippen molar-refractivity contribution < 1.29 is 29.4 Å². The van der Waals surface area contributed by atoms with Gasteiger partial charge in [0.25, 0.3) is 5.91 Å². The van der Waals surface area contributed by atoms with Gasteiger partial charge in [-0.05, 0) is 43.3 Å². The van der Waals surface area contributed by atoms with E-state index in [4.69, 9.17) is 45.6 Å². The van der Waals surface area contributed by atoms with Crippen LogP contribution >= 0.6 is 35.4 Å². The van der Waals surface area contributed by atoms with Crippen LogP contribution in [0.2, 0.25) is 10.0 Å². The Bertz CT molecular complexity index is 1100. The second-order valence-corrected chi connectivity index (χ2v) is 8.97. The summed E-state index contributed by atoms with van der Waals surface area (Å²) in [6.07, 6.45) is 0.310. The molecule has 0 radical (unpaired) electrons. The van der Waals surface area contributed by atoms with Gasteiger partial charge in [-0.2, -0.15) is 0 Å². The van der Waals surface area contributed by atoms with E-state index in [0.717, 1.165) is 0 Å². The number of hydrogen-bond acceptors (Lipinski definition) is 6. The summed E-state index contributed by atoms with van der Waals surface area (Å²) < 4.78 is 0. The topological polar surface area (TPSA) is 136 Å². The smallest absolute Gasteiger partial charge is 0.326 e. The van der Waals surface area contributed by atoms with Crippen molar-refractivity contribution >= 4 is 75.4 Å². The zero-order chi connectivity index (χ0) is 26.3. The maximum Gasteiger partial charge on any atom is 0.326 e. The van der Waals surface area contributed by atoms with Gasteiger partial charge < -0.3 is 25.7 Å². The molecule has 0 bridgehead atoms. The normalized spacial score (nSPS) is 15.5. The third-order valence-corrected chi connectivity index (χ3v) is 5.85. The fourth-order valence-corrected chi connectivity index (χ4v) is 3.98. The van der Waals surface area contributed by atoms with E-state index in [2.05, 4.69) is 10.6 Å².